The molecule has 1 saturated heterocycles. The zero-order valence-corrected chi connectivity index (χ0v) is 15.8. The number of hydrogen-bond acceptors (Lipinski definition) is 2. The van der Waals surface area contributed by atoms with Gasteiger partial charge in [0.1, 0.15) is 5.60 Å². The van der Waals surface area contributed by atoms with E-state index >= 15 is 0 Å². The molecule has 1 atom stereocenters. The highest BCUT2D eigenvalue weighted by Crippen LogP contribution is 2.37. The summed E-state index contributed by atoms with van der Waals surface area (Å²) in [5.74, 6) is 0. The number of hydrogen-bond donors (Lipinski definition) is 0. The Bertz CT molecular complexity index is 973. The lowest BCUT2D eigenvalue weighted by atomic mass is 9.91. The van der Waals surface area contributed by atoms with Crippen LogP contribution in [0.1, 0.15) is 18.9 Å². The predicted octanol–water partition coefficient (Wildman–Crippen LogP) is 6.27. The summed E-state index contributed by atoms with van der Waals surface area (Å²) in [6.07, 6.45) is 0.350. The van der Waals surface area contributed by atoms with Crippen LogP contribution in [0.3, 0.4) is 0 Å². The molecule has 1 aliphatic rings. The van der Waals surface area contributed by atoms with Crippen molar-refractivity contribution in [2.45, 2.75) is 18.9 Å². The quantitative estimate of drug-likeness (QED) is 0.538. The highest BCUT2D eigenvalue weighted by molar-refractivity contribution is 6.30. The maximum atomic E-state index is 12.8. The fraction of sp³-hybridized carbons (Fsp3) is 0.174. The first-order chi connectivity index (χ1) is 13.0. The molecule has 0 N–H and O–H groups in total. The number of carbonyl (C=O) groups excluding carboxylic acids is 1. The second kappa shape index (κ2) is 7.09. The van der Waals surface area contributed by atoms with Crippen molar-refractivity contribution in [3.05, 3.63) is 89.4 Å². The van der Waals surface area contributed by atoms with Gasteiger partial charge >= 0.3 is 6.09 Å². The Balaban J connectivity index is 1.58. The molecule has 0 aromatic heterocycles. The van der Waals surface area contributed by atoms with Crippen LogP contribution in [0.4, 0.5) is 10.5 Å². The molecule has 1 amide bonds. The Morgan fingerprint density at radius 1 is 0.926 bits per heavy atom. The molecule has 4 heteroatoms. The smallest absolute Gasteiger partial charge is 0.415 e. The van der Waals surface area contributed by atoms with Crippen molar-refractivity contribution >= 4 is 23.4 Å². The van der Waals surface area contributed by atoms with E-state index in [2.05, 4.69) is 12.1 Å². The first-order valence-electron chi connectivity index (χ1n) is 8.97. The number of cyclic esters (lactones) is 1. The standard InChI is InChI=1S/C23H20ClNO2/c1-23(19-10-6-11-20(24)16-19)13-14-25(22(26)27-23)21-12-5-9-18(15-21)17-7-3-2-4-8-17/h2-12,15-16H,13-14H2,1H3. The average molecular weight is 378 g/mol. The molecule has 27 heavy (non-hydrogen) atoms. The minimum Gasteiger partial charge on any atom is -0.438 e. The highest BCUT2D eigenvalue weighted by atomic mass is 35.5. The third kappa shape index (κ3) is 3.56. The van der Waals surface area contributed by atoms with Gasteiger partial charge in [0, 0.05) is 23.7 Å². The van der Waals surface area contributed by atoms with Gasteiger partial charge in [-0.05, 0) is 47.9 Å². The first-order valence-corrected chi connectivity index (χ1v) is 9.35. The fourth-order valence-corrected chi connectivity index (χ4v) is 3.64. The normalized spacial score (nSPS) is 19.6. The van der Waals surface area contributed by atoms with Crippen molar-refractivity contribution in [3.8, 4) is 11.1 Å². The van der Waals surface area contributed by atoms with Gasteiger partial charge in [-0.2, -0.15) is 0 Å². The lowest BCUT2D eigenvalue weighted by Gasteiger charge is -2.39. The van der Waals surface area contributed by atoms with Crippen LogP contribution in [-0.2, 0) is 10.3 Å². The number of nitrogens with zero attached hydrogens (tertiary/aromatic N) is 1. The molecule has 1 aliphatic heterocycles. The zero-order chi connectivity index (χ0) is 18.9. The van der Waals surface area contributed by atoms with Crippen molar-refractivity contribution in [2.75, 3.05) is 11.4 Å². The summed E-state index contributed by atoms with van der Waals surface area (Å²) >= 11 is 6.11. The molecular formula is C23H20ClNO2. The second-order valence-electron chi connectivity index (χ2n) is 6.93. The monoisotopic (exact) mass is 377 g/mol. The molecule has 0 spiro atoms. The summed E-state index contributed by atoms with van der Waals surface area (Å²) in [5.41, 5.74) is 3.28. The SMILES string of the molecule is CC1(c2cccc(Cl)c2)CCN(c2cccc(-c3ccccc3)c2)C(=O)O1. The van der Waals surface area contributed by atoms with Crippen LogP contribution in [0.25, 0.3) is 11.1 Å². The van der Waals surface area contributed by atoms with Crippen LogP contribution in [0.5, 0.6) is 0 Å². The topological polar surface area (TPSA) is 29.5 Å². The van der Waals surface area contributed by atoms with Gasteiger partial charge in [0.25, 0.3) is 0 Å². The van der Waals surface area contributed by atoms with E-state index in [0.29, 0.717) is 18.0 Å². The predicted molar refractivity (Wildman–Crippen MR) is 109 cm³/mol. The first kappa shape index (κ1) is 17.6. The molecule has 136 valence electrons. The van der Waals surface area contributed by atoms with E-state index in [4.69, 9.17) is 16.3 Å². The van der Waals surface area contributed by atoms with E-state index in [9.17, 15) is 4.79 Å². The number of ether oxygens (including phenoxy) is 1. The number of anilines is 1. The molecule has 1 unspecified atom stereocenters. The van der Waals surface area contributed by atoms with E-state index in [1.807, 2.05) is 73.7 Å². The number of halogens is 1. The number of rotatable bonds is 3. The van der Waals surface area contributed by atoms with Gasteiger partial charge in [0.05, 0.1) is 0 Å². The molecule has 3 nitrogen and oxygen atoms in total. The van der Waals surface area contributed by atoms with Crippen molar-refractivity contribution in [1.29, 1.82) is 0 Å². The van der Waals surface area contributed by atoms with Crippen LogP contribution in [0.15, 0.2) is 78.9 Å². The van der Waals surface area contributed by atoms with E-state index in [-0.39, 0.29) is 6.09 Å². The van der Waals surface area contributed by atoms with Crippen LogP contribution < -0.4 is 4.90 Å². The van der Waals surface area contributed by atoms with Crippen molar-refractivity contribution in [1.82, 2.24) is 0 Å². The van der Waals surface area contributed by atoms with Gasteiger partial charge in [0.15, 0.2) is 0 Å². The number of benzene rings is 3. The molecule has 0 radical (unpaired) electrons. The summed E-state index contributed by atoms with van der Waals surface area (Å²) < 4.78 is 5.86. The Morgan fingerprint density at radius 2 is 1.67 bits per heavy atom. The van der Waals surface area contributed by atoms with Crippen molar-refractivity contribution in [2.24, 2.45) is 0 Å². The van der Waals surface area contributed by atoms with Gasteiger partial charge in [-0.1, -0.05) is 66.2 Å². The summed E-state index contributed by atoms with van der Waals surface area (Å²) in [6, 6.07) is 25.6. The molecule has 0 aliphatic carbocycles. The second-order valence-corrected chi connectivity index (χ2v) is 7.36. The molecule has 0 bridgehead atoms. The molecule has 3 aromatic rings. The maximum absolute atomic E-state index is 12.8. The van der Waals surface area contributed by atoms with Crippen molar-refractivity contribution in [3.63, 3.8) is 0 Å². The lowest BCUT2D eigenvalue weighted by Crippen LogP contribution is -2.46. The molecule has 0 saturated carbocycles. The third-order valence-corrected chi connectivity index (χ3v) is 5.28. The Kier molecular flexibility index (Phi) is 4.63. The molecule has 1 fully saturated rings. The summed E-state index contributed by atoms with van der Waals surface area (Å²) in [5, 5.41) is 0.641. The molecular weight excluding hydrogens is 358 g/mol. The highest BCUT2D eigenvalue weighted by Gasteiger charge is 2.38. The van der Waals surface area contributed by atoms with Gasteiger partial charge in [-0.15, -0.1) is 0 Å². The van der Waals surface area contributed by atoms with E-state index in [1.165, 1.54) is 0 Å². The maximum Gasteiger partial charge on any atom is 0.415 e. The largest absolute Gasteiger partial charge is 0.438 e. The van der Waals surface area contributed by atoms with E-state index in [0.717, 1.165) is 22.4 Å². The Labute approximate surface area is 164 Å². The van der Waals surface area contributed by atoms with Gasteiger partial charge in [-0.3, -0.25) is 4.90 Å². The zero-order valence-electron chi connectivity index (χ0n) is 15.1. The molecule has 3 aromatic carbocycles. The Morgan fingerprint density at radius 3 is 2.41 bits per heavy atom. The summed E-state index contributed by atoms with van der Waals surface area (Å²) in [6.45, 7) is 2.52. The fourth-order valence-electron chi connectivity index (χ4n) is 3.45. The van der Waals surface area contributed by atoms with Gasteiger partial charge < -0.3 is 4.74 Å². The molecule has 4 rings (SSSR count). The van der Waals surface area contributed by atoms with E-state index < -0.39 is 5.60 Å². The number of carbonyl (C=O) groups is 1. The minimum atomic E-state index is -0.671. The van der Waals surface area contributed by atoms with Crippen LogP contribution in [0, 0.1) is 0 Å². The minimum absolute atomic E-state index is 0.339. The summed E-state index contributed by atoms with van der Waals surface area (Å²) in [7, 11) is 0. The summed E-state index contributed by atoms with van der Waals surface area (Å²) in [4.78, 5) is 14.5. The van der Waals surface area contributed by atoms with Crippen LogP contribution in [-0.4, -0.2) is 12.6 Å². The van der Waals surface area contributed by atoms with E-state index in [1.54, 1.807) is 4.90 Å². The lowest BCUT2D eigenvalue weighted by molar-refractivity contribution is 0.00583. The number of amides is 1. The van der Waals surface area contributed by atoms with Gasteiger partial charge in [-0.25, -0.2) is 4.79 Å². The third-order valence-electron chi connectivity index (χ3n) is 5.05. The van der Waals surface area contributed by atoms with Crippen molar-refractivity contribution < 1.29 is 9.53 Å². The van der Waals surface area contributed by atoms with Crippen LogP contribution >= 0.6 is 11.6 Å². The molecule has 1 heterocycles. The van der Waals surface area contributed by atoms with Crippen LogP contribution in [0.2, 0.25) is 5.02 Å². The Hall–Kier alpha value is -2.78. The van der Waals surface area contributed by atoms with Gasteiger partial charge in [0.2, 0.25) is 0 Å². The average Bonchev–Trinajstić information content (AvgIpc) is 2.69.